The zero-order valence-electron chi connectivity index (χ0n) is 12.5. The highest BCUT2D eigenvalue weighted by atomic mass is 16.2. The number of hydrogen-bond donors (Lipinski definition) is 1. The first-order valence-electron chi connectivity index (χ1n) is 7.32. The zero-order valence-corrected chi connectivity index (χ0v) is 12.5. The van der Waals surface area contributed by atoms with Crippen molar-refractivity contribution in [2.45, 2.75) is 31.5 Å². The molecule has 1 amide bonds. The van der Waals surface area contributed by atoms with Gasteiger partial charge in [-0.2, -0.15) is 0 Å². The lowest BCUT2D eigenvalue weighted by molar-refractivity contribution is -0.131. The van der Waals surface area contributed by atoms with Crippen molar-refractivity contribution in [2.75, 3.05) is 27.2 Å². The van der Waals surface area contributed by atoms with Gasteiger partial charge in [0, 0.05) is 13.1 Å². The van der Waals surface area contributed by atoms with Gasteiger partial charge >= 0.3 is 0 Å². The summed E-state index contributed by atoms with van der Waals surface area (Å²) in [6.45, 7) is 3.76. The van der Waals surface area contributed by atoms with E-state index in [-0.39, 0.29) is 17.6 Å². The van der Waals surface area contributed by atoms with Gasteiger partial charge in [-0.3, -0.25) is 10.1 Å². The normalized spacial score (nSPS) is 23.9. The smallest absolute Gasteiger partial charge is 0.244 e. The fraction of sp³-hybridized carbons (Fsp3) is 0.562. The predicted octanol–water partition coefficient (Wildman–Crippen LogP) is 1.52. The van der Waals surface area contributed by atoms with E-state index in [0.29, 0.717) is 0 Å². The molecule has 1 atom stereocenters. The summed E-state index contributed by atoms with van der Waals surface area (Å²) in [5.41, 5.74) is 2.19. The molecule has 3 rings (SSSR count). The highest BCUT2D eigenvalue weighted by molar-refractivity contribution is 5.92. The summed E-state index contributed by atoms with van der Waals surface area (Å²) < 4.78 is 0. The number of likely N-dealkylation sites (N-methyl/N-ethyl adjacent to an activating group) is 1. The van der Waals surface area contributed by atoms with Crippen LogP contribution in [0.1, 0.15) is 30.1 Å². The first-order chi connectivity index (χ1) is 9.52. The molecular formula is C16H23N3O. The molecule has 4 nitrogen and oxygen atoms in total. The maximum atomic E-state index is 12.6. The Bertz CT molecular complexity index is 505. The van der Waals surface area contributed by atoms with Crippen LogP contribution in [0, 0.1) is 6.92 Å². The van der Waals surface area contributed by atoms with Crippen LogP contribution in [0.25, 0.3) is 0 Å². The van der Waals surface area contributed by atoms with E-state index in [1.807, 2.05) is 19.0 Å². The Labute approximate surface area is 120 Å². The molecule has 1 unspecified atom stereocenters. The van der Waals surface area contributed by atoms with Crippen molar-refractivity contribution in [3.8, 4) is 0 Å². The molecule has 0 aromatic heterocycles. The molecule has 0 radical (unpaired) electrons. The zero-order chi connectivity index (χ0) is 14.3. The van der Waals surface area contributed by atoms with Crippen molar-refractivity contribution in [2.24, 2.45) is 0 Å². The van der Waals surface area contributed by atoms with Gasteiger partial charge in [-0.1, -0.05) is 29.8 Å². The van der Waals surface area contributed by atoms with Crippen molar-refractivity contribution in [1.82, 2.24) is 15.1 Å². The first kappa shape index (κ1) is 13.6. The molecule has 1 aromatic rings. The van der Waals surface area contributed by atoms with E-state index in [0.717, 1.165) is 25.9 Å². The van der Waals surface area contributed by atoms with Crippen LogP contribution in [0.5, 0.6) is 0 Å². The number of hydrogen-bond acceptors (Lipinski definition) is 3. The number of carbonyl (C=O) groups is 1. The SMILES string of the molecule is Cc1ccc(C2NC3(CC3)C(=O)N2CCN(C)C)cc1. The molecule has 1 aliphatic carbocycles. The van der Waals surface area contributed by atoms with E-state index in [1.54, 1.807) is 0 Å². The van der Waals surface area contributed by atoms with Crippen molar-refractivity contribution in [3.63, 3.8) is 0 Å². The van der Waals surface area contributed by atoms with Crippen LogP contribution in [0.2, 0.25) is 0 Å². The molecule has 4 heteroatoms. The van der Waals surface area contributed by atoms with Gasteiger partial charge in [0.05, 0.1) is 0 Å². The highest BCUT2D eigenvalue weighted by Crippen LogP contribution is 2.45. The van der Waals surface area contributed by atoms with E-state index >= 15 is 0 Å². The fourth-order valence-electron chi connectivity index (χ4n) is 2.83. The second kappa shape index (κ2) is 4.86. The van der Waals surface area contributed by atoms with Gasteiger partial charge in [0.1, 0.15) is 11.7 Å². The minimum absolute atomic E-state index is 0.0329. The number of nitrogens with one attached hydrogen (secondary N) is 1. The predicted molar refractivity (Wildman–Crippen MR) is 79.3 cm³/mol. The van der Waals surface area contributed by atoms with Gasteiger partial charge in [-0.15, -0.1) is 0 Å². The average molecular weight is 273 g/mol. The second-order valence-corrected chi connectivity index (χ2v) is 6.34. The van der Waals surface area contributed by atoms with E-state index in [2.05, 4.69) is 41.4 Å². The quantitative estimate of drug-likeness (QED) is 0.903. The topological polar surface area (TPSA) is 35.6 Å². The monoisotopic (exact) mass is 273 g/mol. The molecule has 108 valence electrons. The Morgan fingerprint density at radius 1 is 1.30 bits per heavy atom. The van der Waals surface area contributed by atoms with Crippen LogP contribution >= 0.6 is 0 Å². The molecule has 1 aliphatic heterocycles. The van der Waals surface area contributed by atoms with Gasteiger partial charge in [-0.25, -0.2) is 0 Å². The van der Waals surface area contributed by atoms with Crippen LogP contribution in [-0.4, -0.2) is 48.4 Å². The Balaban J connectivity index is 1.83. The molecule has 1 heterocycles. The Hall–Kier alpha value is -1.39. The lowest BCUT2D eigenvalue weighted by Crippen LogP contribution is -2.37. The Morgan fingerprint density at radius 3 is 2.50 bits per heavy atom. The van der Waals surface area contributed by atoms with E-state index in [1.165, 1.54) is 11.1 Å². The molecule has 1 aromatic carbocycles. The maximum Gasteiger partial charge on any atom is 0.244 e. The maximum absolute atomic E-state index is 12.6. The minimum Gasteiger partial charge on any atom is -0.320 e. The average Bonchev–Trinajstić information content (AvgIpc) is 3.13. The first-order valence-corrected chi connectivity index (χ1v) is 7.32. The van der Waals surface area contributed by atoms with Crippen molar-refractivity contribution < 1.29 is 4.79 Å². The number of rotatable bonds is 4. The van der Waals surface area contributed by atoms with Gasteiger partial charge < -0.3 is 9.80 Å². The summed E-state index contributed by atoms with van der Waals surface area (Å²) in [5.74, 6) is 0.282. The molecule has 1 saturated carbocycles. The van der Waals surface area contributed by atoms with Gasteiger partial charge in [-0.05, 0) is 39.4 Å². The Morgan fingerprint density at radius 2 is 1.95 bits per heavy atom. The summed E-state index contributed by atoms with van der Waals surface area (Å²) in [4.78, 5) is 16.7. The third-order valence-electron chi connectivity index (χ3n) is 4.33. The Kier molecular flexibility index (Phi) is 3.30. The highest BCUT2D eigenvalue weighted by Gasteiger charge is 2.59. The van der Waals surface area contributed by atoms with Crippen LogP contribution in [0.4, 0.5) is 0 Å². The lowest BCUT2D eigenvalue weighted by Gasteiger charge is -2.26. The second-order valence-electron chi connectivity index (χ2n) is 6.34. The standard InChI is InChI=1S/C16H23N3O/c1-12-4-6-13(7-5-12)14-17-16(8-9-16)15(20)19(14)11-10-18(2)3/h4-7,14,17H,8-11H2,1-3H3. The number of carbonyl (C=O) groups excluding carboxylic acids is 1. The fourth-order valence-corrected chi connectivity index (χ4v) is 2.83. The van der Waals surface area contributed by atoms with Crippen molar-refractivity contribution >= 4 is 5.91 Å². The molecule has 2 fully saturated rings. The summed E-state index contributed by atoms with van der Waals surface area (Å²) >= 11 is 0. The number of amides is 1. The number of benzene rings is 1. The molecule has 1 saturated heterocycles. The molecule has 2 aliphatic rings. The van der Waals surface area contributed by atoms with Crippen molar-refractivity contribution in [1.29, 1.82) is 0 Å². The molecule has 1 N–H and O–H groups in total. The summed E-state index contributed by atoms with van der Waals surface area (Å²) in [7, 11) is 4.09. The van der Waals surface area contributed by atoms with Gasteiger partial charge in [0.2, 0.25) is 5.91 Å². The lowest BCUT2D eigenvalue weighted by atomic mass is 10.1. The van der Waals surface area contributed by atoms with Gasteiger partial charge in [0.15, 0.2) is 0 Å². The van der Waals surface area contributed by atoms with Crippen LogP contribution < -0.4 is 5.32 Å². The number of aryl methyl sites for hydroxylation is 1. The third kappa shape index (κ3) is 2.34. The minimum atomic E-state index is -0.248. The van der Waals surface area contributed by atoms with E-state index < -0.39 is 0 Å². The van der Waals surface area contributed by atoms with Crippen molar-refractivity contribution in [3.05, 3.63) is 35.4 Å². The largest absolute Gasteiger partial charge is 0.320 e. The third-order valence-corrected chi connectivity index (χ3v) is 4.33. The molecule has 0 bridgehead atoms. The summed E-state index contributed by atoms with van der Waals surface area (Å²) in [6.07, 6.45) is 1.99. The van der Waals surface area contributed by atoms with E-state index in [9.17, 15) is 4.79 Å². The van der Waals surface area contributed by atoms with Crippen LogP contribution in [0.15, 0.2) is 24.3 Å². The number of nitrogens with zero attached hydrogens (tertiary/aromatic N) is 2. The van der Waals surface area contributed by atoms with Crippen LogP contribution in [0.3, 0.4) is 0 Å². The van der Waals surface area contributed by atoms with Gasteiger partial charge in [0.25, 0.3) is 0 Å². The van der Waals surface area contributed by atoms with Crippen LogP contribution in [-0.2, 0) is 4.79 Å². The molecule has 1 spiro atoms. The molecular weight excluding hydrogens is 250 g/mol. The summed E-state index contributed by atoms with van der Waals surface area (Å²) in [5, 5.41) is 3.56. The molecule has 20 heavy (non-hydrogen) atoms. The summed E-state index contributed by atoms with van der Waals surface area (Å²) in [6, 6.07) is 8.49. The van der Waals surface area contributed by atoms with E-state index in [4.69, 9.17) is 0 Å².